The molecule has 1 aliphatic heterocycles. The molecule has 2 heteroatoms. The Balaban J connectivity index is 1.58. The van der Waals surface area contributed by atoms with Gasteiger partial charge in [-0.3, -0.25) is 0 Å². The van der Waals surface area contributed by atoms with Crippen molar-refractivity contribution >= 4 is 0 Å². The Morgan fingerprint density at radius 1 is 1.10 bits per heavy atom. The SMILES string of the molecule is CNC(CCN1CCCC2CCCCC21)c1ccccc1. The van der Waals surface area contributed by atoms with Crippen LogP contribution >= 0.6 is 0 Å². The minimum Gasteiger partial charge on any atom is -0.313 e. The quantitative estimate of drug-likeness (QED) is 0.880. The van der Waals surface area contributed by atoms with E-state index in [0.717, 1.165) is 12.0 Å². The van der Waals surface area contributed by atoms with Gasteiger partial charge in [0.15, 0.2) is 0 Å². The van der Waals surface area contributed by atoms with Crippen LogP contribution in [0.15, 0.2) is 30.3 Å². The summed E-state index contributed by atoms with van der Waals surface area (Å²) in [4.78, 5) is 2.81. The van der Waals surface area contributed by atoms with Crippen LogP contribution in [0.4, 0.5) is 0 Å². The molecule has 1 aromatic rings. The van der Waals surface area contributed by atoms with Gasteiger partial charge in [0, 0.05) is 18.6 Å². The first-order chi connectivity index (χ1) is 10.4. The number of benzene rings is 1. The molecule has 1 heterocycles. The third-order valence-corrected chi connectivity index (χ3v) is 5.61. The summed E-state index contributed by atoms with van der Waals surface area (Å²) in [6.07, 6.45) is 9.97. The zero-order chi connectivity index (χ0) is 14.5. The Hall–Kier alpha value is -0.860. The highest BCUT2D eigenvalue weighted by atomic mass is 15.2. The van der Waals surface area contributed by atoms with E-state index in [1.54, 1.807) is 0 Å². The van der Waals surface area contributed by atoms with Gasteiger partial charge in [-0.05, 0) is 57.2 Å². The number of hydrogen-bond acceptors (Lipinski definition) is 2. The van der Waals surface area contributed by atoms with E-state index in [9.17, 15) is 0 Å². The van der Waals surface area contributed by atoms with Crippen molar-refractivity contribution in [2.24, 2.45) is 5.92 Å². The van der Waals surface area contributed by atoms with Crippen molar-refractivity contribution < 1.29 is 0 Å². The van der Waals surface area contributed by atoms with E-state index in [2.05, 4.69) is 47.6 Å². The van der Waals surface area contributed by atoms with Gasteiger partial charge in [-0.25, -0.2) is 0 Å². The standard InChI is InChI=1S/C19H30N2/c1-20-18(16-8-3-2-4-9-16)13-15-21-14-7-11-17-10-5-6-12-19(17)21/h2-4,8-9,17-20H,5-7,10-15H2,1H3. The third kappa shape index (κ3) is 3.67. The second kappa shape index (κ2) is 7.42. The van der Waals surface area contributed by atoms with Crippen LogP contribution in [0.5, 0.6) is 0 Å². The zero-order valence-electron chi connectivity index (χ0n) is 13.4. The number of hydrogen-bond donors (Lipinski definition) is 1. The van der Waals surface area contributed by atoms with Gasteiger partial charge in [-0.1, -0.05) is 43.2 Å². The van der Waals surface area contributed by atoms with Crippen LogP contribution in [0.25, 0.3) is 0 Å². The average Bonchev–Trinajstić information content (AvgIpc) is 2.56. The predicted octanol–water partition coefficient (Wildman–Crippen LogP) is 3.99. The molecular formula is C19H30N2. The molecule has 0 spiro atoms. The predicted molar refractivity (Wildman–Crippen MR) is 89.4 cm³/mol. The molecule has 0 radical (unpaired) electrons. The molecule has 0 bridgehead atoms. The van der Waals surface area contributed by atoms with Gasteiger partial charge in [-0.2, -0.15) is 0 Å². The lowest BCUT2D eigenvalue weighted by Gasteiger charge is -2.44. The molecule has 21 heavy (non-hydrogen) atoms. The average molecular weight is 286 g/mol. The Labute approximate surface area is 129 Å². The number of piperidine rings is 1. The largest absolute Gasteiger partial charge is 0.313 e. The summed E-state index contributed by atoms with van der Waals surface area (Å²) in [7, 11) is 2.09. The van der Waals surface area contributed by atoms with Gasteiger partial charge in [0.25, 0.3) is 0 Å². The number of rotatable bonds is 5. The lowest BCUT2D eigenvalue weighted by molar-refractivity contribution is 0.0579. The minimum absolute atomic E-state index is 0.496. The van der Waals surface area contributed by atoms with Crippen molar-refractivity contribution in [3.05, 3.63) is 35.9 Å². The Morgan fingerprint density at radius 2 is 1.86 bits per heavy atom. The summed E-state index contributed by atoms with van der Waals surface area (Å²) in [5.74, 6) is 0.997. The summed E-state index contributed by atoms with van der Waals surface area (Å²) in [6, 6.07) is 12.3. The fourth-order valence-electron chi connectivity index (χ4n) is 4.46. The van der Waals surface area contributed by atoms with E-state index in [4.69, 9.17) is 0 Å². The second-order valence-electron chi connectivity index (χ2n) is 6.83. The number of likely N-dealkylation sites (tertiary alicyclic amines) is 1. The number of fused-ring (bicyclic) bond motifs is 1. The van der Waals surface area contributed by atoms with Gasteiger partial charge in [0.2, 0.25) is 0 Å². The van der Waals surface area contributed by atoms with E-state index < -0.39 is 0 Å². The fraction of sp³-hybridized carbons (Fsp3) is 0.684. The molecule has 1 saturated heterocycles. The number of nitrogens with zero attached hydrogens (tertiary/aromatic N) is 1. The van der Waals surface area contributed by atoms with Crippen molar-refractivity contribution in [2.45, 2.75) is 57.0 Å². The lowest BCUT2D eigenvalue weighted by atomic mass is 9.78. The van der Waals surface area contributed by atoms with Gasteiger partial charge in [-0.15, -0.1) is 0 Å². The van der Waals surface area contributed by atoms with E-state index in [-0.39, 0.29) is 0 Å². The molecule has 2 nitrogen and oxygen atoms in total. The molecule has 3 unspecified atom stereocenters. The Bertz CT molecular complexity index is 415. The van der Waals surface area contributed by atoms with Crippen molar-refractivity contribution in [1.29, 1.82) is 0 Å². The van der Waals surface area contributed by atoms with Crippen molar-refractivity contribution in [2.75, 3.05) is 20.1 Å². The molecule has 0 amide bonds. The molecule has 1 saturated carbocycles. The van der Waals surface area contributed by atoms with Crippen LogP contribution in [0.1, 0.15) is 56.6 Å². The number of nitrogens with one attached hydrogen (secondary N) is 1. The summed E-state index contributed by atoms with van der Waals surface area (Å²) >= 11 is 0. The maximum Gasteiger partial charge on any atom is 0.0329 e. The van der Waals surface area contributed by atoms with Gasteiger partial charge < -0.3 is 10.2 Å². The zero-order valence-corrected chi connectivity index (χ0v) is 13.4. The molecule has 1 N–H and O–H groups in total. The second-order valence-corrected chi connectivity index (χ2v) is 6.83. The third-order valence-electron chi connectivity index (χ3n) is 5.61. The molecular weight excluding hydrogens is 256 g/mol. The van der Waals surface area contributed by atoms with Crippen molar-refractivity contribution in [3.8, 4) is 0 Å². The smallest absolute Gasteiger partial charge is 0.0329 e. The summed E-state index contributed by atoms with van der Waals surface area (Å²) < 4.78 is 0. The topological polar surface area (TPSA) is 15.3 Å². The molecule has 2 aliphatic rings. The summed E-state index contributed by atoms with van der Waals surface area (Å²) in [6.45, 7) is 2.58. The van der Waals surface area contributed by atoms with Gasteiger partial charge in [0.1, 0.15) is 0 Å². The first kappa shape index (κ1) is 15.1. The van der Waals surface area contributed by atoms with Crippen molar-refractivity contribution in [1.82, 2.24) is 10.2 Å². The van der Waals surface area contributed by atoms with Crippen LogP contribution in [0.2, 0.25) is 0 Å². The van der Waals surface area contributed by atoms with Crippen LogP contribution in [0, 0.1) is 5.92 Å². The van der Waals surface area contributed by atoms with Crippen LogP contribution in [-0.2, 0) is 0 Å². The molecule has 1 aromatic carbocycles. The first-order valence-corrected chi connectivity index (χ1v) is 8.85. The lowest BCUT2D eigenvalue weighted by Crippen LogP contribution is -2.47. The highest BCUT2D eigenvalue weighted by molar-refractivity contribution is 5.18. The summed E-state index contributed by atoms with van der Waals surface area (Å²) in [5, 5.41) is 3.50. The first-order valence-electron chi connectivity index (χ1n) is 8.85. The summed E-state index contributed by atoms with van der Waals surface area (Å²) in [5.41, 5.74) is 1.43. The van der Waals surface area contributed by atoms with Crippen LogP contribution < -0.4 is 5.32 Å². The maximum atomic E-state index is 3.50. The molecule has 0 aromatic heterocycles. The molecule has 1 aliphatic carbocycles. The fourth-order valence-corrected chi connectivity index (χ4v) is 4.46. The highest BCUT2D eigenvalue weighted by Gasteiger charge is 2.32. The maximum absolute atomic E-state index is 3.50. The van der Waals surface area contributed by atoms with E-state index in [0.29, 0.717) is 6.04 Å². The van der Waals surface area contributed by atoms with Crippen LogP contribution in [-0.4, -0.2) is 31.1 Å². The molecule has 2 fully saturated rings. The molecule has 3 rings (SSSR count). The molecule has 3 atom stereocenters. The van der Waals surface area contributed by atoms with E-state index in [1.807, 2.05) is 0 Å². The monoisotopic (exact) mass is 286 g/mol. The normalized spacial score (nSPS) is 28.0. The Kier molecular flexibility index (Phi) is 5.32. The van der Waals surface area contributed by atoms with Crippen LogP contribution in [0.3, 0.4) is 0 Å². The van der Waals surface area contributed by atoms with E-state index >= 15 is 0 Å². The van der Waals surface area contributed by atoms with Crippen molar-refractivity contribution in [3.63, 3.8) is 0 Å². The van der Waals surface area contributed by atoms with Gasteiger partial charge >= 0.3 is 0 Å². The highest BCUT2D eigenvalue weighted by Crippen LogP contribution is 2.35. The van der Waals surface area contributed by atoms with E-state index in [1.165, 1.54) is 63.6 Å². The molecule has 116 valence electrons. The van der Waals surface area contributed by atoms with Gasteiger partial charge in [0.05, 0.1) is 0 Å². The minimum atomic E-state index is 0.496. The Morgan fingerprint density at radius 3 is 2.67 bits per heavy atom.